The smallest absolute Gasteiger partial charge is 0.252 e. The summed E-state index contributed by atoms with van der Waals surface area (Å²) in [6.45, 7) is 26.2. The fourth-order valence-electron chi connectivity index (χ4n) is 10.8. The fourth-order valence-corrected chi connectivity index (χ4v) is 10.8. The lowest BCUT2D eigenvalue weighted by Gasteiger charge is -2.53. The van der Waals surface area contributed by atoms with Gasteiger partial charge < -0.3 is 14.2 Å². The van der Waals surface area contributed by atoms with Crippen LogP contribution in [0.4, 0.5) is 28.4 Å². The molecule has 1 fully saturated rings. The minimum absolute atomic E-state index is 0.00808. The summed E-state index contributed by atoms with van der Waals surface area (Å²) in [5.74, 6) is 0. The van der Waals surface area contributed by atoms with E-state index in [9.17, 15) is 0 Å². The molecule has 0 saturated heterocycles. The Balaban J connectivity index is 1.34. The Labute approximate surface area is 322 Å². The maximum atomic E-state index is 6.80. The van der Waals surface area contributed by atoms with Crippen LogP contribution in [0.25, 0.3) is 21.9 Å². The minimum Gasteiger partial charge on any atom is -0.456 e. The summed E-state index contributed by atoms with van der Waals surface area (Å²) in [6.07, 6.45) is 4.98. The Bertz CT molecular complexity index is 2560. The lowest BCUT2D eigenvalue weighted by molar-refractivity contribution is 0.195. The Morgan fingerprint density at radius 1 is 0.593 bits per heavy atom. The normalized spacial score (nSPS) is 21.7. The molecule has 0 amide bonds. The van der Waals surface area contributed by atoms with Crippen LogP contribution in [0.3, 0.4) is 0 Å². The molecule has 5 aromatic carbocycles. The number of para-hydroxylation sites is 1. The summed E-state index contributed by atoms with van der Waals surface area (Å²) in [7, 11) is 0. The van der Waals surface area contributed by atoms with Gasteiger partial charge in [-0.25, -0.2) is 0 Å². The summed E-state index contributed by atoms with van der Waals surface area (Å²) >= 11 is 0. The van der Waals surface area contributed by atoms with Gasteiger partial charge in [0.15, 0.2) is 0 Å². The van der Waals surface area contributed by atoms with Crippen LogP contribution in [-0.2, 0) is 21.7 Å². The van der Waals surface area contributed by atoms with Gasteiger partial charge in [0.1, 0.15) is 11.2 Å². The van der Waals surface area contributed by atoms with E-state index in [1.54, 1.807) is 0 Å². The number of nitrogens with zero attached hydrogens (tertiary/aromatic N) is 2. The summed E-state index contributed by atoms with van der Waals surface area (Å²) < 4.78 is 6.80. The van der Waals surface area contributed by atoms with Crippen molar-refractivity contribution in [3.05, 3.63) is 107 Å². The summed E-state index contributed by atoms with van der Waals surface area (Å²) in [5, 5.41) is 2.38. The Morgan fingerprint density at radius 2 is 1.24 bits per heavy atom. The third kappa shape index (κ3) is 4.43. The van der Waals surface area contributed by atoms with E-state index in [1.165, 1.54) is 104 Å². The SMILES string of the molecule is CC(C)(C)c1ccc(N2c3cc4c(cc3B3c5cccc6c5N(c5cc(C(C)(C)C)cc2c53)C2(C)CCCCC62C)oc2ccc(C(C)(C)C)cc24)cc1. The number of rotatable bonds is 1. The van der Waals surface area contributed by atoms with Crippen molar-refractivity contribution in [3.63, 3.8) is 0 Å². The van der Waals surface area contributed by atoms with Gasteiger partial charge >= 0.3 is 0 Å². The molecule has 3 nitrogen and oxygen atoms in total. The second-order valence-corrected chi connectivity index (χ2v) is 20.6. The maximum Gasteiger partial charge on any atom is 0.252 e. The molecule has 2 unspecified atom stereocenters. The molecule has 1 aliphatic carbocycles. The van der Waals surface area contributed by atoms with E-state index in [4.69, 9.17) is 4.42 Å². The average molecular weight is 711 g/mol. The largest absolute Gasteiger partial charge is 0.456 e. The van der Waals surface area contributed by atoms with Gasteiger partial charge in [-0.05, 0) is 123 Å². The molecule has 0 spiro atoms. The van der Waals surface area contributed by atoms with Crippen LogP contribution in [0.1, 0.15) is 124 Å². The first-order chi connectivity index (χ1) is 25.4. The van der Waals surface area contributed by atoms with E-state index in [0.29, 0.717) is 0 Å². The predicted octanol–water partition coefficient (Wildman–Crippen LogP) is 11.8. The van der Waals surface area contributed by atoms with E-state index in [2.05, 4.69) is 171 Å². The van der Waals surface area contributed by atoms with Crippen molar-refractivity contribution in [2.24, 2.45) is 0 Å². The quantitative estimate of drug-likeness (QED) is 0.158. The van der Waals surface area contributed by atoms with Crippen LogP contribution in [0, 0.1) is 0 Å². The molecule has 0 N–H and O–H groups in total. The van der Waals surface area contributed by atoms with Crippen LogP contribution >= 0.6 is 0 Å². The molecular weight excluding hydrogens is 655 g/mol. The van der Waals surface area contributed by atoms with Gasteiger partial charge in [0.25, 0.3) is 6.71 Å². The third-order valence-electron chi connectivity index (χ3n) is 14.3. The Morgan fingerprint density at radius 3 is 1.94 bits per heavy atom. The molecule has 6 aromatic rings. The number of fused-ring (bicyclic) bond motifs is 10. The Kier molecular flexibility index (Phi) is 6.72. The first kappa shape index (κ1) is 34.1. The van der Waals surface area contributed by atoms with Gasteiger partial charge in [-0.2, -0.15) is 0 Å². The van der Waals surface area contributed by atoms with Crippen LogP contribution in [-0.4, -0.2) is 12.3 Å². The second kappa shape index (κ2) is 10.7. The monoisotopic (exact) mass is 710 g/mol. The Hall–Kier alpha value is -4.44. The molecular formula is C50H55BN2O. The lowest BCUT2D eigenvalue weighted by Crippen LogP contribution is -2.64. The van der Waals surface area contributed by atoms with E-state index in [-0.39, 0.29) is 33.9 Å². The summed E-state index contributed by atoms with van der Waals surface area (Å²) in [5.41, 5.74) is 18.5. The highest BCUT2D eigenvalue weighted by Gasteiger charge is 2.61. The highest BCUT2D eigenvalue weighted by molar-refractivity contribution is 7.00. The number of anilines is 5. The van der Waals surface area contributed by atoms with Crippen molar-refractivity contribution in [2.45, 2.75) is 129 Å². The van der Waals surface area contributed by atoms with E-state index < -0.39 is 0 Å². The van der Waals surface area contributed by atoms with E-state index in [0.717, 1.165) is 11.2 Å². The lowest BCUT2D eigenvalue weighted by atomic mass is 9.33. The van der Waals surface area contributed by atoms with E-state index in [1.807, 2.05) is 0 Å². The molecule has 1 aromatic heterocycles. The number of hydrogen-bond acceptors (Lipinski definition) is 3. The van der Waals surface area contributed by atoms with E-state index >= 15 is 0 Å². The zero-order valence-corrected chi connectivity index (χ0v) is 34.3. The van der Waals surface area contributed by atoms with Gasteiger partial charge in [0, 0.05) is 44.6 Å². The molecule has 274 valence electrons. The molecule has 1 saturated carbocycles. The molecule has 0 radical (unpaired) electrons. The molecule has 3 aliphatic heterocycles. The molecule has 54 heavy (non-hydrogen) atoms. The third-order valence-corrected chi connectivity index (χ3v) is 14.3. The summed E-state index contributed by atoms with van der Waals surface area (Å²) in [6, 6.07) is 33.5. The highest BCUT2D eigenvalue weighted by Crippen LogP contribution is 2.62. The van der Waals surface area contributed by atoms with Gasteiger partial charge in [-0.3, -0.25) is 0 Å². The zero-order chi connectivity index (χ0) is 37.9. The molecule has 4 heterocycles. The van der Waals surface area contributed by atoms with Crippen molar-refractivity contribution >= 4 is 73.5 Å². The topological polar surface area (TPSA) is 19.6 Å². The molecule has 0 bridgehead atoms. The zero-order valence-electron chi connectivity index (χ0n) is 34.3. The van der Waals surface area contributed by atoms with Crippen molar-refractivity contribution < 1.29 is 4.42 Å². The van der Waals surface area contributed by atoms with Crippen LogP contribution in [0.5, 0.6) is 0 Å². The van der Waals surface area contributed by atoms with Gasteiger partial charge in [0.05, 0.1) is 5.54 Å². The van der Waals surface area contributed by atoms with Crippen LogP contribution in [0.2, 0.25) is 0 Å². The van der Waals surface area contributed by atoms with Crippen molar-refractivity contribution in [1.29, 1.82) is 0 Å². The number of benzene rings is 5. The average Bonchev–Trinajstić information content (AvgIpc) is 3.57. The second-order valence-electron chi connectivity index (χ2n) is 20.6. The first-order valence-electron chi connectivity index (χ1n) is 20.4. The predicted molar refractivity (Wildman–Crippen MR) is 232 cm³/mol. The first-order valence-corrected chi connectivity index (χ1v) is 20.4. The van der Waals surface area contributed by atoms with Crippen LogP contribution in [0.15, 0.2) is 89.3 Å². The van der Waals surface area contributed by atoms with Gasteiger partial charge in [-0.1, -0.05) is 118 Å². The van der Waals surface area contributed by atoms with Crippen LogP contribution < -0.4 is 26.2 Å². The maximum absolute atomic E-state index is 6.80. The van der Waals surface area contributed by atoms with Gasteiger partial charge in [-0.15, -0.1) is 0 Å². The molecule has 2 atom stereocenters. The number of furan rings is 1. The molecule has 10 rings (SSSR count). The summed E-state index contributed by atoms with van der Waals surface area (Å²) in [4.78, 5) is 5.45. The van der Waals surface area contributed by atoms with Crippen molar-refractivity contribution in [3.8, 4) is 0 Å². The highest BCUT2D eigenvalue weighted by atomic mass is 16.3. The fraction of sp³-hybridized carbons (Fsp3) is 0.400. The standard InChI is InChI=1S/C50H55BN2O/c1-46(2,3)30-17-20-33(21-18-30)52-39-28-35-34-25-31(47(4,5)6)19-22-42(34)54-43(35)29-38(39)51-37-16-14-15-36-45(37)53(50(11)24-13-12-23-49(36,50)10)41-27-32(48(7,8)9)26-40(52)44(41)51/h14-22,25-29H,12-13,23-24H2,1-11H3. The number of hydrogen-bond donors (Lipinski definition) is 0. The van der Waals surface area contributed by atoms with Crippen molar-refractivity contribution in [2.75, 3.05) is 9.80 Å². The molecule has 4 aliphatic rings. The molecule has 4 heteroatoms. The minimum atomic E-state index is -0.0343. The van der Waals surface area contributed by atoms with Crippen molar-refractivity contribution in [1.82, 2.24) is 0 Å². The van der Waals surface area contributed by atoms with Gasteiger partial charge in [0.2, 0.25) is 0 Å².